The van der Waals surface area contributed by atoms with Gasteiger partial charge in [0.05, 0.1) is 5.69 Å². The van der Waals surface area contributed by atoms with Crippen molar-refractivity contribution in [3.05, 3.63) is 23.5 Å². The van der Waals surface area contributed by atoms with Crippen LogP contribution in [0.4, 0.5) is 0 Å². The predicted molar refractivity (Wildman–Crippen MR) is 72.6 cm³/mol. The van der Waals surface area contributed by atoms with E-state index in [0.717, 1.165) is 37.6 Å². The number of hydrogen-bond acceptors (Lipinski definition) is 4. The van der Waals surface area contributed by atoms with E-state index in [4.69, 9.17) is 0 Å². The lowest BCUT2D eigenvalue weighted by molar-refractivity contribution is 0.162. The van der Waals surface area contributed by atoms with Crippen LogP contribution in [0.15, 0.2) is 12.1 Å². The molecule has 18 heavy (non-hydrogen) atoms. The third-order valence-electron chi connectivity index (χ3n) is 3.64. The summed E-state index contributed by atoms with van der Waals surface area (Å²) < 4.78 is 0. The molecule has 0 aliphatic carbocycles. The topological polar surface area (TPSA) is 48.4 Å². The van der Waals surface area contributed by atoms with E-state index in [1.165, 1.54) is 12.8 Å². The van der Waals surface area contributed by atoms with Gasteiger partial charge in [-0.05, 0) is 45.0 Å². The van der Waals surface area contributed by atoms with Crippen LogP contribution >= 0.6 is 0 Å². The van der Waals surface area contributed by atoms with Crippen LogP contribution < -0.4 is 5.32 Å². The van der Waals surface area contributed by atoms with Gasteiger partial charge in [0.1, 0.15) is 5.75 Å². The van der Waals surface area contributed by atoms with E-state index in [1.807, 2.05) is 13.0 Å². The number of nitrogens with zero attached hydrogens (tertiary/aromatic N) is 2. The van der Waals surface area contributed by atoms with Crippen LogP contribution in [0.3, 0.4) is 0 Å². The number of likely N-dealkylation sites (N-methyl/N-ethyl adjacent to an activating group) is 1. The molecular formula is C14H23N3O. The molecule has 1 aromatic rings. The van der Waals surface area contributed by atoms with Gasteiger partial charge in [-0.25, -0.2) is 0 Å². The molecule has 100 valence electrons. The van der Waals surface area contributed by atoms with E-state index in [2.05, 4.69) is 22.1 Å². The van der Waals surface area contributed by atoms with Crippen molar-refractivity contribution in [2.24, 2.45) is 0 Å². The lowest BCUT2D eigenvalue weighted by Gasteiger charge is -2.33. The average molecular weight is 249 g/mol. The third-order valence-corrected chi connectivity index (χ3v) is 3.64. The maximum Gasteiger partial charge on any atom is 0.138 e. The van der Waals surface area contributed by atoms with Crippen LogP contribution in [0.25, 0.3) is 0 Å². The zero-order valence-corrected chi connectivity index (χ0v) is 11.3. The average Bonchev–Trinajstić information content (AvgIpc) is 2.41. The van der Waals surface area contributed by atoms with Crippen LogP contribution in [0, 0.1) is 6.92 Å². The minimum absolute atomic E-state index is 0.308. The van der Waals surface area contributed by atoms with E-state index < -0.39 is 0 Å². The van der Waals surface area contributed by atoms with Gasteiger partial charge in [-0.15, -0.1) is 0 Å². The van der Waals surface area contributed by atoms with Gasteiger partial charge >= 0.3 is 0 Å². The Morgan fingerprint density at radius 3 is 3.00 bits per heavy atom. The van der Waals surface area contributed by atoms with Gasteiger partial charge in [0, 0.05) is 24.8 Å². The number of aromatic nitrogens is 1. The van der Waals surface area contributed by atoms with Crippen LogP contribution in [-0.2, 0) is 6.54 Å². The molecule has 1 aliphatic rings. The number of aromatic hydroxyl groups is 1. The van der Waals surface area contributed by atoms with E-state index in [1.54, 1.807) is 6.07 Å². The van der Waals surface area contributed by atoms with Crippen LogP contribution in [0.1, 0.15) is 31.2 Å². The molecule has 2 N–H and O–H groups in total. The highest BCUT2D eigenvalue weighted by Gasteiger charge is 2.21. The summed E-state index contributed by atoms with van der Waals surface area (Å²) in [4.78, 5) is 6.84. The molecule has 0 radical (unpaired) electrons. The van der Waals surface area contributed by atoms with Crippen LogP contribution in [0.5, 0.6) is 5.75 Å². The molecule has 1 unspecified atom stereocenters. The molecule has 0 amide bonds. The molecule has 4 nitrogen and oxygen atoms in total. The first kappa shape index (κ1) is 13.3. The normalized spacial score (nSPS) is 20.3. The summed E-state index contributed by atoms with van der Waals surface area (Å²) in [7, 11) is 0. The van der Waals surface area contributed by atoms with Crippen molar-refractivity contribution in [2.45, 2.75) is 39.3 Å². The highest BCUT2D eigenvalue weighted by molar-refractivity contribution is 5.27. The third kappa shape index (κ3) is 3.21. The minimum atomic E-state index is 0.308. The number of hydrogen-bond donors (Lipinski definition) is 2. The summed E-state index contributed by atoms with van der Waals surface area (Å²) in [6.07, 6.45) is 2.46. The molecule has 1 atom stereocenters. The molecule has 2 heterocycles. The Labute approximate surface area is 109 Å². The van der Waals surface area contributed by atoms with Crippen molar-refractivity contribution in [3.8, 4) is 5.75 Å². The van der Waals surface area contributed by atoms with E-state index in [9.17, 15) is 5.11 Å². The summed E-state index contributed by atoms with van der Waals surface area (Å²) in [6, 6.07) is 4.15. The Morgan fingerprint density at radius 1 is 1.50 bits per heavy atom. The lowest BCUT2D eigenvalue weighted by Crippen LogP contribution is -2.45. The van der Waals surface area contributed by atoms with Gasteiger partial charge < -0.3 is 10.4 Å². The molecule has 0 bridgehead atoms. The highest BCUT2D eigenvalue weighted by Crippen LogP contribution is 2.19. The Kier molecular flexibility index (Phi) is 4.55. The molecule has 2 rings (SSSR count). The van der Waals surface area contributed by atoms with Crippen molar-refractivity contribution < 1.29 is 5.11 Å². The highest BCUT2D eigenvalue weighted by atomic mass is 16.3. The van der Waals surface area contributed by atoms with Gasteiger partial charge in [-0.1, -0.05) is 6.92 Å². The van der Waals surface area contributed by atoms with Crippen molar-refractivity contribution in [2.75, 3.05) is 19.6 Å². The first-order valence-electron chi connectivity index (χ1n) is 6.81. The fourth-order valence-corrected chi connectivity index (χ4v) is 2.56. The Balaban J connectivity index is 2.06. The molecular weight excluding hydrogens is 226 g/mol. The monoisotopic (exact) mass is 249 g/mol. The fraction of sp³-hybridized carbons (Fsp3) is 0.643. The number of aryl methyl sites for hydroxylation is 1. The first-order valence-corrected chi connectivity index (χ1v) is 6.81. The second-order valence-corrected chi connectivity index (χ2v) is 4.98. The zero-order chi connectivity index (χ0) is 13.0. The quantitative estimate of drug-likeness (QED) is 0.852. The molecule has 1 aliphatic heterocycles. The smallest absolute Gasteiger partial charge is 0.138 e. The van der Waals surface area contributed by atoms with Crippen molar-refractivity contribution >= 4 is 0 Å². The van der Waals surface area contributed by atoms with Crippen LogP contribution in [0.2, 0.25) is 0 Å². The Hall–Kier alpha value is -1.13. The van der Waals surface area contributed by atoms with Gasteiger partial charge in [-0.3, -0.25) is 9.88 Å². The second kappa shape index (κ2) is 6.16. The van der Waals surface area contributed by atoms with E-state index >= 15 is 0 Å². The predicted octanol–water partition coefficient (Wildman–Crippen LogP) is 1.67. The molecule has 0 aromatic carbocycles. The molecule has 1 saturated heterocycles. The zero-order valence-electron chi connectivity index (χ0n) is 11.3. The molecule has 4 heteroatoms. The number of pyridine rings is 1. The second-order valence-electron chi connectivity index (χ2n) is 4.98. The lowest BCUT2D eigenvalue weighted by atomic mass is 10.1. The Bertz CT molecular complexity index is 389. The largest absolute Gasteiger partial charge is 0.506 e. The number of nitrogens with one attached hydrogen (secondary N) is 1. The maximum absolute atomic E-state index is 9.87. The van der Waals surface area contributed by atoms with Gasteiger partial charge in [-0.2, -0.15) is 0 Å². The van der Waals surface area contributed by atoms with Gasteiger partial charge in [0.25, 0.3) is 0 Å². The fourth-order valence-electron chi connectivity index (χ4n) is 2.56. The summed E-state index contributed by atoms with van der Waals surface area (Å²) in [5.41, 5.74) is 1.75. The summed E-state index contributed by atoms with van der Waals surface area (Å²) in [6.45, 7) is 8.02. The van der Waals surface area contributed by atoms with Crippen molar-refractivity contribution in [1.82, 2.24) is 15.2 Å². The molecule has 0 saturated carbocycles. The maximum atomic E-state index is 9.87. The van der Waals surface area contributed by atoms with Crippen molar-refractivity contribution in [1.29, 1.82) is 0 Å². The first-order chi connectivity index (χ1) is 8.70. The molecule has 1 aromatic heterocycles. The van der Waals surface area contributed by atoms with E-state index in [0.29, 0.717) is 11.8 Å². The van der Waals surface area contributed by atoms with Gasteiger partial charge in [0.2, 0.25) is 0 Å². The Morgan fingerprint density at radius 2 is 2.33 bits per heavy atom. The van der Waals surface area contributed by atoms with Crippen LogP contribution in [-0.4, -0.2) is 40.7 Å². The number of rotatable bonds is 4. The molecule has 1 fully saturated rings. The number of piperidine rings is 1. The summed E-state index contributed by atoms with van der Waals surface area (Å²) in [5, 5.41) is 13.3. The molecule has 0 spiro atoms. The minimum Gasteiger partial charge on any atom is -0.506 e. The van der Waals surface area contributed by atoms with Gasteiger partial charge in [0.15, 0.2) is 0 Å². The standard InChI is InChI=1S/C14H23N3O/c1-3-17(12-5-4-8-15-9-12)10-13-14(18)7-6-11(2)16-13/h6-7,12,15,18H,3-5,8-10H2,1-2H3. The van der Waals surface area contributed by atoms with E-state index in [-0.39, 0.29) is 0 Å². The van der Waals surface area contributed by atoms with Crippen molar-refractivity contribution in [3.63, 3.8) is 0 Å². The summed E-state index contributed by atoms with van der Waals surface area (Å²) >= 11 is 0. The SMILES string of the molecule is CCN(Cc1nc(C)ccc1O)C1CCCNC1. The summed E-state index contributed by atoms with van der Waals surface area (Å²) in [5.74, 6) is 0.308.